The van der Waals surface area contributed by atoms with Gasteiger partial charge in [0.25, 0.3) is 0 Å². The molecule has 6 heteroatoms. The molecular weight excluding hydrogens is 380 g/mol. The molecule has 2 amide bonds. The highest BCUT2D eigenvalue weighted by atomic mass is 16.5. The van der Waals surface area contributed by atoms with Crippen molar-refractivity contribution in [1.82, 2.24) is 9.80 Å². The van der Waals surface area contributed by atoms with Crippen molar-refractivity contribution in [3.05, 3.63) is 0 Å². The lowest BCUT2D eigenvalue weighted by atomic mass is 9.88. The molecular formula is C24H52N2O4. The second-order valence-corrected chi connectivity index (χ2v) is 8.68. The van der Waals surface area contributed by atoms with E-state index in [0.29, 0.717) is 26.0 Å². The summed E-state index contributed by atoms with van der Waals surface area (Å²) in [4.78, 5) is 28.2. The van der Waals surface area contributed by atoms with Crippen LogP contribution in [-0.4, -0.2) is 73.2 Å². The summed E-state index contributed by atoms with van der Waals surface area (Å²) in [6.45, 7) is 18.0. The van der Waals surface area contributed by atoms with Crippen LogP contribution in [-0.2, 0) is 14.3 Å². The molecule has 0 unspecified atom stereocenters. The summed E-state index contributed by atoms with van der Waals surface area (Å²) < 4.78 is 6.03. The number of unbranched alkanes of at least 4 members (excludes halogenated alkanes) is 2. The highest BCUT2D eigenvalue weighted by Crippen LogP contribution is 2.25. The minimum Gasteiger partial charge on any atom is -0.400 e. The first kappa shape index (κ1) is 33.5. The highest BCUT2D eigenvalue weighted by molar-refractivity contribution is 5.81. The number of carbonyl (C=O) groups is 2. The maximum absolute atomic E-state index is 12.7. The molecule has 0 bridgehead atoms. The summed E-state index contributed by atoms with van der Waals surface area (Å²) in [6, 6.07) is 0. The maximum atomic E-state index is 12.7. The SMILES string of the molecule is CC.CCCCCN(C)C(=O)C(C)(C)CCOC(C)(C)CN(C)C(=O)CCC.CO. The van der Waals surface area contributed by atoms with Crippen LogP contribution in [0.4, 0.5) is 0 Å². The molecule has 0 aliphatic heterocycles. The van der Waals surface area contributed by atoms with Crippen molar-refractivity contribution in [2.45, 2.75) is 99.5 Å². The number of rotatable bonds is 13. The Labute approximate surface area is 187 Å². The molecule has 0 radical (unpaired) electrons. The van der Waals surface area contributed by atoms with Gasteiger partial charge in [-0.1, -0.05) is 54.4 Å². The molecule has 0 spiro atoms. The van der Waals surface area contributed by atoms with Gasteiger partial charge in [-0.2, -0.15) is 0 Å². The van der Waals surface area contributed by atoms with Gasteiger partial charge in [0.1, 0.15) is 0 Å². The van der Waals surface area contributed by atoms with Crippen LogP contribution in [0, 0.1) is 5.41 Å². The molecule has 0 aromatic rings. The average molecular weight is 433 g/mol. The second-order valence-electron chi connectivity index (χ2n) is 8.68. The molecule has 0 saturated carbocycles. The van der Waals surface area contributed by atoms with Crippen molar-refractivity contribution < 1.29 is 19.4 Å². The Kier molecular flexibility index (Phi) is 20.8. The van der Waals surface area contributed by atoms with E-state index in [4.69, 9.17) is 9.84 Å². The molecule has 0 aromatic heterocycles. The summed E-state index contributed by atoms with van der Waals surface area (Å²) in [5.74, 6) is 0.318. The Hall–Kier alpha value is -1.14. The van der Waals surface area contributed by atoms with Crippen molar-refractivity contribution in [1.29, 1.82) is 0 Å². The van der Waals surface area contributed by atoms with Gasteiger partial charge in [0.05, 0.1) is 5.60 Å². The third-order valence-electron chi connectivity index (χ3n) is 4.75. The third-order valence-corrected chi connectivity index (χ3v) is 4.75. The van der Waals surface area contributed by atoms with Crippen molar-refractivity contribution in [2.75, 3.05) is 40.9 Å². The predicted molar refractivity (Wildman–Crippen MR) is 128 cm³/mol. The molecule has 6 nitrogen and oxygen atoms in total. The number of carbonyl (C=O) groups excluding carboxylic acids is 2. The molecule has 0 aromatic carbocycles. The van der Waals surface area contributed by atoms with E-state index >= 15 is 0 Å². The number of hydrogen-bond donors (Lipinski definition) is 1. The largest absolute Gasteiger partial charge is 0.400 e. The van der Waals surface area contributed by atoms with E-state index in [0.717, 1.165) is 39.3 Å². The van der Waals surface area contributed by atoms with Gasteiger partial charge in [-0.05, 0) is 33.1 Å². The summed E-state index contributed by atoms with van der Waals surface area (Å²) in [5, 5.41) is 7.00. The summed E-state index contributed by atoms with van der Waals surface area (Å²) >= 11 is 0. The molecule has 182 valence electrons. The fourth-order valence-corrected chi connectivity index (χ4v) is 3.02. The van der Waals surface area contributed by atoms with Gasteiger partial charge in [-0.3, -0.25) is 9.59 Å². The molecule has 0 fully saturated rings. The van der Waals surface area contributed by atoms with E-state index in [1.165, 1.54) is 0 Å². The zero-order chi connectivity index (χ0) is 24.4. The number of aliphatic hydroxyl groups is 1. The lowest BCUT2D eigenvalue weighted by Gasteiger charge is -2.33. The van der Waals surface area contributed by atoms with E-state index < -0.39 is 11.0 Å². The monoisotopic (exact) mass is 432 g/mol. The number of nitrogens with zero attached hydrogens (tertiary/aromatic N) is 2. The maximum Gasteiger partial charge on any atom is 0.228 e. The van der Waals surface area contributed by atoms with Crippen molar-refractivity contribution >= 4 is 11.8 Å². The Morgan fingerprint density at radius 1 is 0.900 bits per heavy atom. The van der Waals surface area contributed by atoms with E-state index in [1.807, 2.05) is 67.5 Å². The average Bonchev–Trinajstić information content (AvgIpc) is 2.70. The van der Waals surface area contributed by atoms with Gasteiger partial charge in [0.15, 0.2) is 0 Å². The number of amides is 2. The van der Waals surface area contributed by atoms with Crippen LogP contribution in [0.5, 0.6) is 0 Å². The first-order valence-corrected chi connectivity index (χ1v) is 11.5. The number of likely N-dealkylation sites (N-methyl/N-ethyl adjacent to an activating group) is 1. The molecule has 0 saturated heterocycles. The molecule has 30 heavy (non-hydrogen) atoms. The minimum absolute atomic E-state index is 0.147. The summed E-state index contributed by atoms with van der Waals surface area (Å²) in [5.41, 5.74) is -0.870. The van der Waals surface area contributed by atoms with E-state index in [9.17, 15) is 9.59 Å². The van der Waals surface area contributed by atoms with Crippen molar-refractivity contribution in [3.8, 4) is 0 Å². The lowest BCUT2D eigenvalue weighted by molar-refractivity contribution is -0.141. The zero-order valence-corrected chi connectivity index (χ0v) is 21.9. The molecule has 0 aliphatic carbocycles. The van der Waals surface area contributed by atoms with Crippen LogP contribution in [0.1, 0.15) is 93.9 Å². The Morgan fingerprint density at radius 2 is 1.43 bits per heavy atom. The van der Waals surface area contributed by atoms with Crippen molar-refractivity contribution in [2.24, 2.45) is 5.41 Å². The van der Waals surface area contributed by atoms with Crippen LogP contribution >= 0.6 is 0 Å². The third kappa shape index (κ3) is 15.7. The normalized spacial score (nSPS) is 10.9. The van der Waals surface area contributed by atoms with Gasteiger partial charge in [0, 0.05) is 52.7 Å². The first-order chi connectivity index (χ1) is 14.0. The summed E-state index contributed by atoms with van der Waals surface area (Å²) in [6.07, 6.45) is 5.45. The smallest absolute Gasteiger partial charge is 0.228 e. The number of aliphatic hydroxyl groups excluding tert-OH is 1. The molecule has 0 rings (SSSR count). The van der Waals surface area contributed by atoms with E-state index in [2.05, 4.69) is 6.92 Å². The molecule has 0 heterocycles. The van der Waals surface area contributed by atoms with Crippen LogP contribution in [0.25, 0.3) is 0 Å². The van der Waals surface area contributed by atoms with Gasteiger partial charge in [0.2, 0.25) is 11.8 Å². The van der Waals surface area contributed by atoms with E-state index in [1.54, 1.807) is 4.90 Å². The predicted octanol–water partition coefficient (Wildman–Crippen LogP) is 4.74. The molecule has 1 N–H and O–H groups in total. The lowest BCUT2D eigenvalue weighted by Crippen LogP contribution is -2.43. The molecule has 0 atom stereocenters. The van der Waals surface area contributed by atoms with Crippen molar-refractivity contribution in [3.63, 3.8) is 0 Å². The summed E-state index contributed by atoms with van der Waals surface area (Å²) in [7, 11) is 4.71. The van der Waals surface area contributed by atoms with E-state index in [-0.39, 0.29) is 11.8 Å². The van der Waals surface area contributed by atoms with Gasteiger partial charge < -0.3 is 19.6 Å². The topological polar surface area (TPSA) is 70.1 Å². The van der Waals surface area contributed by atoms with Gasteiger partial charge >= 0.3 is 0 Å². The fraction of sp³-hybridized carbons (Fsp3) is 0.917. The second kappa shape index (κ2) is 18.6. The zero-order valence-electron chi connectivity index (χ0n) is 21.9. The Balaban J connectivity index is -0.00000171. The minimum atomic E-state index is -0.443. The Morgan fingerprint density at radius 3 is 1.90 bits per heavy atom. The van der Waals surface area contributed by atoms with Gasteiger partial charge in [-0.15, -0.1) is 0 Å². The van der Waals surface area contributed by atoms with Gasteiger partial charge in [-0.25, -0.2) is 0 Å². The van der Waals surface area contributed by atoms with Crippen LogP contribution in [0.2, 0.25) is 0 Å². The molecule has 0 aliphatic rings. The fourth-order valence-electron chi connectivity index (χ4n) is 3.02. The van der Waals surface area contributed by atoms with Crippen LogP contribution < -0.4 is 0 Å². The Bertz CT molecular complexity index is 437. The number of hydrogen-bond acceptors (Lipinski definition) is 4. The number of ether oxygens (including phenoxy) is 1. The first-order valence-electron chi connectivity index (χ1n) is 11.5. The standard InChI is InChI=1S/C21H42N2O3.C2H6.CH4O/c1-9-11-12-15-22(7)19(25)20(3,4)14-16-26-21(5,6)17-23(8)18(24)13-10-2;2*1-2/h9-17H2,1-8H3;1-2H3;2H,1H3. The van der Waals surface area contributed by atoms with Crippen LogP contribution in [0.15, 0.2) is 0 Å². The van der Waals surface area contributed by atoms with Crippen LogP contribution in [0.3, 0.4) is 0 Å². The highest BCUT2D eigenvalue weighted by Gasteiger charge is 2.31. The quantitative estimate of drug-likeness (QED) is 0.427.